The molecule has 0 spiro atoms. The Morgan fingerprint density at radius 1 is 1.25 bits per heavy atom. The van der Waals surface area contributed by atoms with Crippen LogP contribution in [0.15, 0.2) is 30.2 Å². The standard InChI is InChI=1S/C14H13NO5/c16-13(12-8-19-5-6-20-12)15-4-3-9-7-10(14(17)18)1-2-11(9)15/h1-2,7-8H,3-6H2,(H,17,18). The van der Waals surface area contributed by atoms with Crippen molar-refractivity contribution in [2.45, 2.75) is 6.42 Å². The van der Waals surface area contributed by atoms with Crippen LogP contribution in [-0.4, -0.2) is 36.7 Å². The van der Waals surface area contributed by atoms with Gasteiger partial charge in [-0.15, -0.1) is 0 Å². The lowest BCUT2D eigenvalue weighted by molar-refractivity contribution is -0.119. The number of carbonyl (C=O) groups excluding carboxylic acids is 1. The first-order valence-corrected chi connectivity index (χ1v) is 6.29. The molecular formula is C14H13NO5. The zero-order valence-corrected chi connectivity index (χ0v) is 10.7. The van der Waals surface area contributed by atoms with E-state index in [2.05, 4.69) is 0 Å². The van der Waals surface area contributed by atoms with Gasteiger partial charge >= 0.3 is 5.97 Å². The number of carboxylic acids is 1. The van der Waals surface area contributed by atoms with Gasteiger partial charge in [0.15, 0.2) is 0 Å². The van der Waals surface area contributed by atoms with Gasteiger partial charge < -0.3 is 19.5 Å². The van der Waals surface area contributed by atoms with Gasteiger partial charge in [-0.3, -0.25) is 4.79 Å². The Morgan fingerprint density at radius 3 is 2.80 bits per heavy atom. The molecule has 2 heterocycles. The molecule has 0 saturated carbocycles. The third-order valence-electron chi connectivity index (χ3n) is 3.33. The number of benzene rings is 1. The Labute approximate surface area is 115 Å². The fraction of sp³-hybridized carbons (Fsp3) is 0.286. The van der Waals surface area contributed by atoms with Crippen molar-refractivity contribution in [1.82, 2.24) is 0 Å². The van der Waals surface area contributed by atoms with Gasteiger partial charge in [0.1, 0.15) is 19.5 Å². The summed E-state index contributed by atoms with van der Waals surface area (Å²) >= 11 is 0. The van der Waals surface area contributed by atoms with E-state index >= 15 is 0 Å². The van der Waals surface area contributed by atoms with Crippen molar-refractivity contribution in [3.8, 4) is 0 Å². The molecule has 1 aromatic carbocycles. The molecule has 0 aromatic heterocycles. The van der Waals surface area contributed by atoms with Gasteiger partial charge in [-0.1, -0.05) is 0 Å². The third kappa shape index (κ3) is 2.09. The lowest BCUT2D eigenvalue weighted by Crippen LogP contribution is -2.32. The molecular weight excluding hydrogens is 262 g/mol. The zero-order chi connectivity index (χ0) is 14.1. The van der Waals surface area contributed by atoms with Gasteiger partial charge in [-0.05, 0) is 30.2 Å². The van der Waals surface area contributed by atoms with Gasteiger partial charge in [0.05, 0.1) is 5.56 Å². The van der Waals surface area contributed by atoms with Gasteiger partial charge in [-0.25, -0.2) is 4.79 Å². The maximum absolute atomic E-state index is 12.3. The van der Waals surface area contributed by atoms with Crippen molar-refractivity contribution >= 4 is 17.6 Å². The SMILES string of the molecule is O=C(O)c1ccc2c(c1)CCN2C(=O)C1=COCCO1. The summed E-state index contributed by atoms with van der Waals surface area (Å²) in [4.78, 5) is 24.8. The summed E-state index contributed by atoms with van der Waals surface area (Å²) in [6.45, 7) is 1.31. The molecule has 0 radical (unpaired) electrons. The van der Waals surface area contributed by atoms with Crippen LogP contribution in [0.4, 0.5) is 5.69 Å². The molecule has 0 fully saturated rings. The van der Waals surface area contributed by atoms with Crippen molar-refractivity contribution in [3.05, 3.63) is 41.3 Å². The van der Waals surface area contributed by atoms with E-state index in [9.17, 15) is 9.59 Å². The number of amides is 1. The largest absolute Gasteiger partial charge is 0.494 e. The topological polar surface area (TPSA) is 76.1 Å². The average molecular weight is 275 g/mol. The van der Waals surface area contributed by atoms with Gasteiger partial charge in [-0.2, -0.15) is 0 Å². The van der Waals surface area contributed by atoms with Gasteiger partial charge in [0, 0.05) is 12.2 Å². The average Bonchev–Trinajstić information content (AvgIpc) is 2.90. The number of aromatic carboxylic acids is 1. The third-order valence-corrected chi connectivity index (χ3v) is 3.33. The molecule has 104 valence electrons. The number of fused-ring (bicyclic) bond motifs is 1. The summed E-state index contributed by atoms with van der Waals surface area (Å²) < 4.78 is 10.4. The molecule has 6 heteroatoms. The lowest BCUT2D eigenvalue weighted by atomic mass is 10.1. The highest BCUT2D eigenvalue weighted by Gasteiger charge is 2.29. The highest BCUT2D eigenvalue weighted by Crippen LogP contribution is 2.30. The van der Waals surface area contributed by atoms with E-state index in [0.29, 0.717) is 26.2 Å². The number of carboxylic acid groups (broad SMARTS) is 1. The maximum atomic E-state index is 12.3. The Kier molecular flexibility index (Phi) is 3.06. The van der Waals surface area contributed by atoms with Crippen LogP contribution >= 0.6 is 0 Å². The second-order valence-corrected chi connectivity index (χ2v) is 4.56. The fourth-order valence-corrected chi connectivity index (χ4v) is 2.36. The second-order valence-electron chi connectivity index (χ2n) is 4.56. The molecule has 2 aliphatic heterocycles. The summed E-state index contributed by atoms with van der Waals surface area (Å²) in [6.07, 6.45) is 1.96. The van der Waals surface area contributed by atoms with Crippen LogP contribution in [0.3, 0.4) is 0 Å². The molecule has 0 saturated heterocycles. The summed E-state index contributed by atoms with van der Waals surface area (Å²) in [5, 5.41) is 8.97. The number of hydrogen-bond donors (Lipinski definition) is 1. The summed E-state index contributed by atoms with van der Waals surface area (Å²) in [6, 6.07) is 4.77. The van der Waals surface area contributed by atoms with Gasteiger partial charge in [0.2, 0.25) is 5.76 Å². The second kappa shape index (κ2) is 4.88. The van der Waals surface area contributed by atoms with E-state index in [4.69, 9.17) is 14.6 Å². The van der Waals surface area contributed by atoms with Crippen molar-refractivity contribution in [2.75, 3.05) is 24.7 Å². The Morgan fingerprint density at radius 2 is 2.10 bits per heavy atom. The van der Waals surface area contributed by atoms with E-state index in [1.54, 1.807) is 17.0 Å². The molecule has 0 unspecified atom stereocenters. The normalized spacial score (nSPS) is 16.8. The van der Waals surface area contributed by atoms with Crippen LogP contribution in [0.2, 0.25) is 0 Å². The van der Waals surface area contributed by atoms with Crippen LogP contribution in [0.1, 0.15) is 15.9 Å². The zero-order valence-electron chi connectivity index (χ0n) is 10.7. The Bertz CT molecular complexity index is 608. The van der Waals surface area contributed by atoms with E-state index in [0.717, 1.165) is 11.3 Å². The summed E-state index contributed by atoms with van der Waals surface area (Å²) in [7, 11) is 0. The molecule has 1 amide bonds. The van der Waals surface area contributed by atoms with Crippen molar-refractivity contribution < 1.29 is 24.2 Å². The van der Waals surface area contributed by atoms with Crippen molar-refractivity contribution in [2.24, 2.45) is 0 Å². The summed E-state index contributed by atoms with van der Waals surface area (Å²) in [5.74, 6) is -1.04. The highest BCUT2D eigenvalue weighted by molar-refractivity contribution is 6.05. The van der Waals surface area contributed by atoms with E-state index in [1.165, 1.54) is 12.3 Å². The minimum absolute atomic E-state index is 0.186. The summed E-state index contributed by atoms with van der Waals surface area (Å²) in [5.41, 5.74) is 1.82. The number of anilines is 1. The molecule has 20 heavy (non-hydrogen) atoms. The van der Waals surface area contributed by atoms with E-state index in [-0.39, 0.29) is 17.2 Å². The minimum atomic E-state index is -0.968. The number of ether oxygens (including phenoxy) is 2. The van der Waals surface area contributed by atoms with Crippen molar-refractivity contribution in [3.63, 3.8) is 0 Å². The predicted octanol–water partition coefficient (Wildman–Crippen LogP) is 1.16. The molecule has 0 atom stereocenters. The first-order chi connectivity index (χ1) is 9.66. The predicted molar refractivity (Wildman–Crippen MR) is 69.4 cm³/mol. The number of rotatable bonds is 2. The first kappa shape index (κ1) is 12.5. The number of carbonyl (C=O) groups is 2. The molecule has 6 nitrogen and oxygen atoms in total. The lowest BCUT2D eigenvalue weighted by Gasteiger charge is -2.21. The van der Waals surface area contributed by atoms with Crippen LogP contribution in [0.25, 0.3) is 0 Å². The molecule has 1 aromatic rings. The molecule has 3 rings (SSSR count). The van der Waals surface area contributed by atoms with Crippen LogP contribution < -0.4 is 4.90 Å². The Balaban J connectivity index is 1.87. The number of nitrogens with zero attached hydrogens (tertiary/aromatic N) is 1. The quantitative estimate of drug-likeness (QED) is 0.876. The maximum Gasteiger partial charge on any atom is 0.335 e. The smallest absolute Gasteiger partial charge is 0.335 e. The Hall–Kier alpha value is -2.50. The van der Waals surface area contributed by atoms with E-state index < -0.39 is 5.97 Å². The van der Waals surface area contributed by atoms with E-state index in [1.807, 2.05) is 0 Å². The highest BCUT2D eigenvalue weighted by atomic mass is 16.6. The minimum Gasteiger partial charge on any atom is -0.494 e. The molecule has 2 aliphatic rings. The van der Waals surface area contributed by atoms with Gasteiger partial charge in [0.25, 0.3) is 5.91 Å². The van der Waals surface area contributed by atoms with Crippen molar-refractivity contribution in [1.29, 1.82) is 0 Å². The number of hydrogen-bond acceptors (Lipinski definition) is 4. The monoisotopic (exact) mass is 275 g/mol. The van der Waals surface area contributed by atoms with Crippen LogP contribution in [0, 0.1) is 0 Å². The van der Waals surface area contributed by atoms with Crippen LogP contribution in [-0.2, 0) is 20.7 Å². The van der Waals surface area contributed by atoms with Crippen LogP contribution in [0.5, 0.6) is 0 Å². The molecule has 0 aliphatic carbocycles. The molecule has 1 N–H and O–H groups in total. The fourth-order valence-electron chi connectivity index (χ4n) is 2.36. The first-order valence-electron chi connectivity index (χ1n) is 6.29. The molecule has 0 bridgehead atoms.